The molecular formula is C13H13N3O2. The van der Waals surface area contributed by atoms with Gasteiger partial charge in [-0.3, -0.25) is 0 Å². The molecule has 2 aromatic rings. The van der Waals surface area contributed by atoms with E-state index in [2.05, 4.69) is 14.7 Å². The number of anilines is 1. The average Bonchev–Trinajstić information content (AvgIpc) is 2.41. The van der Waals surface area contributed by atoms with Crippen molar-refractivity contribution in [2.24, 2.45) is 0 Å². The van der Waals surface area contributed by atoms with E-state index in [4.69, 9.17) is 5.73 Å². The van der Waals surface area contributed by atoms with Crippen molar-refractivity contribution in [3.63, 3.8) is 0 Å². The third-order valence-electron chi connectivity index (χ3n) is 2.52. The maximum atomic E-state index is 11.4. The molecule has 5 heteroatoms. The van der Waals surface area contributed by atoms with Crippen molar-refractivity contribution in [3.05, 3.63) is 41.7 Å². The first kappa shape index (κ1) is 12.0. The summed E-state index contributed by atoms with van der Waals surface area (Å²) in [6.45, 7) is 1.78. The van der Waals surface area contributed by atoms with Gasteiger partial charge in [0, 0.05) is 5.56 Å². The molecule has 2 rings (SSSR count). The van der Waals surface area contributed by atoms with Gasteiger partial charge in [0.25, 0.3) is 0 Å². The molecule has 18 heavy (non-hydrogen) atoms. The van der Waals surface area contributed by atoms with E-state index in [1.165, 1.54) is 7.11 Å². The summed E-state index contributed by atoms with van der Waals surface area (Å²) < 4.78 is 4.60. The third kappa shape index (κ3) is 2.15. The van der Waals surface area contributed by atoms with Crippen LogP contribution in [0, 0.1) is 6.92 Å². The molecule has 0 aliphatic heterocycles. The van der Waals surface area contributed by atoms with Crippen LogP contribution >= 0.6 is 0 Å². The molecule has 1 heterocycles. The van der Waals surface area contributed by atoms with Crippen LogP contribution in [-0.2, 0) is 4.74 Å². The lowest BCUT2D eigenvalue weighted by molar-refractivity contribution is 0.0594. The van der Waals surface area contributed by atoms with Crippen molar-refractivity contribution in [1.82, 2.24) is 9.97 Å². The number of methoxy groups -OCH3 is 1. The zero-order valence-electron chi connectivity index (χ0n) is 10.2. The molecule has 0 radical (unpaired) electrons. The Kier molecular flexibility index (Phi) is 3.23. The van der Waals surface area contributed by atoms with E-state index in [1.807, 2.05) is 30.3 Å². The summed E-state index contributed by atoms with van der Waals surface area (Å²) in [5.41, 5.74) is 7.99. The van der Waals surface area contributed by atoms with Gasteiger partial charge < -0.3 is 10.5 Å². The quantitative estimate of drug-likeness (QED) is 0.814. The van der Waals surface area contributed by atoms with Gasteiger partial charge in [0.05, 0.1) is 18.5 Å². The number of benzene rings is 1. The average molecular weight is 243 g/mol. The second-order valence-electron chi connectivity index (χ2n) is 3.75. The molecule has 92 valence electrons. The number of hydrogen-bond donors (Lipinski definition) is 1. The van der Waals surface area contributed by atoms with Crippen molar-refractivity contribution < 1.29 is 9.53 Å². The fraction of sp³-hybridized carbons (Fsp3) is 0.154. The summed E-state index contributed by atoms with van der Waals surface area (Å²) in [5.74, 6) is -0.506. The summed E-state index contributed by atoms with van der Waals surface area (Å²) >= 11 is 0. The lowest BCUT2D eigenvalue weighted by Gasteiger charge is -2.08. The van der Waals surface area contributed by atoms with Gasteiger partial charge in [-0.05, 0) is 6.92 Å². The van der Waals surface area contributed by atoms with E-state index in [9.17, 15) is 4.79 Å². The molecule has 0 aliphatic rings. The molecular weight excluding hydrogens is 230 g/mol. The number of nitrogens with two attached hydrogens (primary N) is 1. The topological polar surface area (TPSA) is 78.1 Å². The van der Waals surface area contributed by atoms with Crippen molar-refractivity contribution in [1.29, 1.82) is 0 Å². The van der Waals surface area contributed by atoms with Crippen LogP contribution in [0.25, 0.3) is 11.3 Å². The van der Waals surface area contributed by atoms with Crippen molar-refractivity contribution in [2.45, 2.75) is 6.92 Å². The highest BCUT2D eigenvalue weighted by Gasteiger charge is 2.16. The van der Waals surface area contributed by atoms with E-state index in [0.717, 1.165) is 5.56 Å². The van der Waals surface area contributed by atoms with E-state index < -0.39 is 5.97 Å². The molecule has 0 saturated carbocycles. The Morgan fingerprint density at radius 1 is 1.22 bits per heavy atom. The first-order valence-electron chi connectivity index (χ1n) is 5.41. The van der Waals surface area contributed by atoms with Gasteiger partial charge >= 0.3 is 5.97 Å². The van der Waals surface area contributed by atoms with Gasteiger partial charge in [-0.2, -0.15) is 0 Å². The molecule has 0 saturated heterocycles. The Bertz CT molecular complexity index is 582. The monoisotopic (exact) mass is 243 g/mol. The van der Waals surface area contributed by atoms with Crippen LogP contribution in [0.5, 0.6) is 0 Å². The largest absolute Gasteiger partial charge is 0.464 e. The Morgan fingerprint density at radius 3 is 2.50 bits per heavy atom. The first-order chi connectivity index (χ1) is 8.63. The number of carbonyl (C=O) groups is 1. The maximum absolute atomic E-state index is 11.4. The van der Waals surface area contributed by atoms with Gasteiger partial charge in [-0.25, -0.2) is 14.8 Å². The van der Waals surface area contributed by atoms with E-state index >= 15 is 0 Å². The Morgan fingerprint density at radius 2 is 1.89 bits per heavy atom. The highest BCUT2D eigenvalue weighted by Crippen LogP contribution is 2.22. The molecule has 1 aromatic carbocycles. The van der Waals surface area contributed by atoms with Crippen LogP contribution in [0.4, 0.5) is 5.82 Å². The number of hydrogen-bond acceptors (Lipinski definition) is 5. The second-order valence-corrected chi connectivity index (χ2v) is 3.75. The molecule has 5 nitrogen and oxygen atoms in total. The number of aromatic nitrogens is 2. The third-order valence-corrected chi connectivity index (χ3v) is 2.52. The van der Waals surface area contributed by atoms with Crippen LogP contribution < -0.4 is 5.73 Å². The van der Waals surface area contributed by atoms with Gasteiger partial charge in [-0.1, -0.05) is 30.3 Å². The molecule has 0 fully saturated rings. The standard InChI is InChI=1S/C13H13N3O2/c1-8-10(9-6-4-3-5-7-9)16-12(14)11(15-8)13(17)18-2/h3-7H,1-2H3,(H2,14,16). The fourth-order valence-electron chi connectivity index (χ4n) is 1.65. The van der Waals surface area contributed by atoms with Gasteiger partial charge in [-0.15, -0.1) is 0 Å². The van der Waals surface area contributed by atoms with Crippen LogP contribution in [0.1, 0.15) is 16.2 Å². The maximum Gasteiger partial charge on any atom is 0.360 e. The molecule has 0 spiro atoms. The van der Waals surface area contributed by atoms with Crippen LogP contribution in [-0.4, -0.2) is 23.0 Å². The minimum Gasteiger partial charge on any atom is -0.464 e. The molecule has 0 amide bonds. The summed E-state index contributed by atoms with van der Waals surface area (Å²) in [6, 6.07) is 9.54. The van der Waals surface area contributed by atoms with Crippen molar-refractivity contribution in [3.8, 4) is 11.3 Å². The zero-order valence-corrected chi connectivity index (χ0v) is 10.2. The number of rotatable bonds is 2. The summed E-state index contributed by atoms with van der Waals surface area (Å²) in [5, 5.41) is 0. The highest BCUT2D eigenvalue weighted by molar-refractivity contribution is 5.92. The molecule has 0 bridgehead atoms. The van der Waals surface area contributed by atoms with Gasteiger partial charge in [0.1, 0.15) is 0 Å². The van der Waals surface area contributed by atoms with Crippen LogP contribution in [0.15, 0.2) is 30.3 Å². The summed E-state index contributed by atoms with van der Waals surface area (Å²) in [7, 11) is 1.28. The minimum atomic E-state index is -0.581. The molecule has 0 unspecified atom stereocenters. The number of esters is 1. The lowest BCUT2D eigenvalue weighted by Crippen LogP contribution is -2.12. The van der Waals surface area contributed by atoms with Gasteiger partial charge in [0.15, 0.2) is 11.5 Å². The number of nitrogen functional groups attached to an aromatic ring is 1. The predicted molar refractivity (Wildman–Crippen MR) is 68.0 cm³/mol. The first-order valence-corrected chi connectivity index (χ1v) is 5.41. The molecule has 2 N–H and O–H groups in total. The van der Waals surface area contributed by atoms with E-state index in [0.29, 0.717) is 11.4 Å². The SMILES string of the molecule is COC(=O)c1nc(C)c(-c2ccccc2)nc1N. The van der Waals surface area contributed by atoms with Crippen LogP contribution in [0.2, 0.25) is 0 Å². The minimum absolute atomic E-state index is 0.0506. The highest BCUT2D eigenvalue weighted by atomic mass is 16.5. The lowest BCUT2D eigenvalue weighted by atomic mass is 10.1. The Balaban J connectivity index is 2.53. The molecule has 0 atom stereocenters. The summed E-state index contributed by atoms with van der Waals surface area (Å²) in [4.78, 5) is 19.8. The number of carbonyl (C=O) groups excluding carboxylic acids is 1. The Hall–Kier alpha value is -2.43. The van der Waals surface area contributed by atoms with Crippen LogP contribution in [0.3, 0.4) is 0 Å². The van der Waals surface area contributed by atoms with Crippen molar-refractivity contribution >= 4 is 11.8 Å². The second kappa shape index (κ2) is 4.83. The zero-order chi connectivity index (χ0) is 13.1. The smallest absolute Gasteiger partial charge is 0.360 e. The summed E-state index contributed by atoms with van der Waals surface area (Å²) in [6.07, 6.45) is 0. The van der Waals surface area contributed by atoms with Gasteiger partial charge in [0.2, 0.25) is 0 Å². The number of nitrogens with zero attached hydrogens (tertiary/aromatic N) is 2. The molecule has 1 aromatic heterocycles. The number of ether oxygens (including phenoxy) is 1. The fourth-order valence-corrected chi connectivity index (χ4v) is 1.65. The van der Waals surface area contributed by atoms with E-state index in [1.54, 1.807) is 6.92 Å². The predicted octanol–water partition coefficient (Wildman–Crippen LogP) is 1.82. The molecule has 0 aliphatic carbocycles. The normalized spacial score (nSPS) is 10.1. The Labute approximate surface area is 105 Å². The van der Waals surface area contributed by atoms with Crippen molar-refractivity contribution in [2.75, 3.05) is 12.8 Å². The number of aryl methyl sites for hydroxylation is 1. The van der Waals surface area contributed by atoms with E-state index in [-0.39, 0.29) is 11.5 Å².